The van der Waals surface area contributed by atoms with Gasteiger partial charge in [0.2, 0.25) is 0 Å². The van der Waals surface area contributed by atoms with Gasteiger partial charge in [-0.15, -0.1) is 11.3 Å². The molecule has 0 saturated carbocycles. The van der Waals surface area contributed by atoms with E-state index in [0.717, 1.165) is 25.2 Å². The van der Waals surface area contributed by atoms with Crippen molar-refractivity contribution in [2.45, 2.75) is 0 Å². The van der Waals surface area contributed by atoms with Gasteiger partial charge in [0, 0.05) is 20.5 Å². The molecule has 0 fully saturated rings. The average molecular weight is 373 g/mol. The minimum absolute atomic E-state index is 0.663. The molecule has 0 radical (unpaired) electrons. The quantitative estimate of drug-likeness (QED) is 0.696. The molecular formula is C11H7Br2N3S. The van der Waals surface area contributed by atoms with Crippen LogP contribution < -0.4 is 5.73 Å². The van der Waals surface area contributed by atoms with E-state index < -0.39 is 0 Å². The molecule has 3 aromatic rings. The number of thiophene rings is 1. The molecule has 2 N–H and O–H groups in total. The maximum Gasteiger partial charge on any atom is 0.139 e. The molecule has 0 bridgehead atoms. The Morgan fingerprint density at radius 1 is 1.24 bits per heavy atom. The van der Waals surface area contributed by atoms with Crippen LogP contribution in [0.5, 0.6) is 0 Å². The van der Waals surface area contributed by atoms with Gasteiger partial charge in [0.25, 0.3) is 0 Å². The van der Waals surface area contributed by atoms with Crippen LogP contribution in [0.1, 0.15) is 0 Å². The van der Waals surface area contributed by atoms with E-state index in [-0.39, 0.29) is 0 Å². The summed E-state index contributed by atoms with van der Waals surface area (Å²) in [5.74, 6) is 0.663. The highest BCUT2D eigenvalue weighted by Gasteiger charge is 2.12. The van der Waals surface area contributed by atoms with E-state index in [1.165, 1.54) is 0 Å². The number of fused-ring (bicyclic) bond motifs is 1. The molecule has 17 heavy (non-hydrogen) atoms. The molecule has 86 valence electrons. The molecule has 0 amide bonds. The van der Waals surface area contributed by atoms with Crippen molar-refractivity contribution in [2.75, 3.05) is 5.73 Å². The topological polar surface area (TPSA) is 43.3 Å². The number of hydrogen-bond donors (Lipinski definition) is 1. The van der Waals surface area contributed by atoms with Crippen molar-refractivity contribution in [3.05, 3.63) is 38.7 Å². The lowest BCUT2D eigenvalue weighted by Crippen LogP contribution is -1.93. The van der Waals surface area contributed by atoms with E-state index in [4.69, 9.17) is 5.73 Å². The fourth-order valence-corrected chi connectivity index (χ4v) is 3.42. The predicted molar refractivity (Wildman–Crippen MR) is 78.3 cm³/mol. The summed E-state index contributed by atoms with van der Waals surface area (Å²) >= 11 is 8.49. The highest BCUT2D eigenvalue weighted by Crippen LogP contribution is 2.33. The summed E-state index contributed by atoms with van der Waals surface area (Å²) in [5.41, 5.74) is 7.80. The van der Waals surface area contributed by atoms with Crippen LogP contribution in [0.2, 0.25) is 0 Å². The number of nitrogens with two attached hydrogens (primary N) is 1. The fourth-order valence-electron chi connectivity index (χ4n) is 1.66. The lowest BCUT2D eigenvalue weighted by Gasteiger charge is -1.97. The maximum absolute atomic E-state index is 6.12. The second-order valence-corrected chi connectivity index (χ2v) is 6.29. The number of pyridine rings is 1. The molecule has 0 atom stereocenters. The van der Waals surface area contributed by atoms with Crippen LogP contribution in [0.4, 0.5) is 5.82 Å². The first-order valence-corrected chi connectivity index (χ1v) is 7.29. The Labute approximate surface area is 119 Å². The van der Waals surface area contributed by atoms with Crippen molar-refractivity contribution in [3.8, 4) is 10.6 Å². The summed E-state index contributed by atoms with van der Waals surface area (Å²) in [6.07, 6.45) is 1.92. The van der Waals surface area contributed by atoms with Crippen molar-refractivity contribution in [1.29, 1.82) is 0 Å². The minimum Gasteiger partial charge on any atom is -0.383 e. The zero-order valence-electron chi connectivity index (χ0n) is 8.52. The van der Waals surface area contributed by atoms with Crippen molar-refractivity contribution in [2.24, 2.45) is 0 Å². The largest absolute Gasteiger partial charge is 0.383 e. The van der Waals surface area contributed by atoms with Crippen molar-refractivity contribution < 1.29 is 0 Å². The predicted octanol–water partition coefficient (Wildman–Crippen LogP) is 4.17. The van der Waals surface area contributed by atoms with E-state index in [1.54, 1.807) is 11.3 Å². The van der Waals surface area contributed by atoms with Crippen molar-refractivity contribution in [1.82, 2.24) is 9.38 Å². The standard InChI is InChI=1S/C11H7Br2N3S/c12-6-1-2-9-15-10(11(14)16(9)4-6)8-3-7(13)5-17-8/h1-5H,14H2. The van der Waals surface area contributed by atoms with Gasteiger partial charge in [-0.3, -0.25) is 4.40 Å². The third kappa shape index (κ3) is 1.90. The Hall–Kier alpha value is -0.850. The number of nitrogens with zero attached hydrogens (tertiary/aromatic N) is 2. The van der Waals surface area contributed by atoms with Gasteiger partial charge < -0.3 is 5.73 Å². The number of hydrogen-bond acceptors (Lipinski definition) is 3. The highest BCUT2D eigenvalue weighted by atomic mass is 79.9. The first-order valence-electron chi connectivity index (χ1n) is 4.82. The van der Waals surface area contributed by atoms with Gasteiger partial charge >= 0.3 is 0 Å². The summed E-state index contributed by atoms with van der Waals surface area (Å²) in [7, 11) is 0. The fraction of sp³-hybridized carbons (Fsp3) is 0. The van der Waals surface area contributed by atoms with E-state index in [1.807, 2.05) is 34.2 Å². The molecule has 3 heterocycles. The van der Waals surface area contributed by atoms with Gasteiger partial charge in [0.15, 0.2) is 0 Å². The molecule has 3 aromatic heterocycles. The number of anilines is 1. The molecule has 0 aliphatic rings. The second kappa shape index (κ2) is 4.12. The van der Waals surface area contributed by atoms with Gasteiger partial charge in [-0.05, 0) is 50.1 Å². The van der Waals surface area contributed by atoms with Crippen LogP contribution >= 0.6 is 43.2 Å². The Bertz CT molecular complexity index is 702. The van der Waals surface area contributed by atoms with Crippen LogP contribution in [0.15, 0.2) is 38.7 Å². The maximum atomic E-state index is 6.12. The monoisotopic (exact) mass is 371 g/mol. The number of rotatable bonds is 1. The smallest absolute Gasteiger partial charge is 0.139 e. The van der Waals surface area contributed by atoms with E-state index in [0.29, 0.717) is 5.82 Å². The summed E-state index contributed by atoms with van der Waals surface area (Å²) in [6.45, 7) is 0. The number of nitrogen functional groups attached to an aromatic ring is 1. The zero-order chi connectivity index (χ0) is 12.0. The van der Waals surface area contributed by atoms with Crippen LogP contribution in [-0.2, 0) is 0 Å². The Balaban J connectivity index is 2.27. The zero-order valence-corrected chi connectivity index (χ0v) is 12.5. The third-order valence-corrected chi connectivity index (χ3v) is 4.59. The molecule has 0 aliphatic carbocycles. The van der Waals surface area contributed by atoms with Gasteiger partial charge in [-0.1, -0.05) is 0 Å². The molecule has 0 saturated heterocycles. The molecule has 0 aliphatic heterocycles. The van der Waals surface area contributed by atoms with Crippen molar-refractivity contribution >= 4 is 54.7 Å². The van der Waals surface area contributed by atoms with Crippen LogP contribution in [0.3, 0.4) is 0 Å². The van der Waals surface area contributed by atoms with E-state index >= 15 is 0 Å². The molecule has 3 nitrogen and oxygen atoms in total. The Morgan fingerprint density at radius 2 is 2.06 bits per heavy atom. The molecule has 0 unspecified atom stereocenters. The molecule has 6 heteroatoms. The first kappa shape index (κ1) is 11.3. The SMILES string of the molecule is Nc1c(-c2cc(Br)cs2)nc2ccc(Br)cn12. The molecule has 0 aromatic carbocycles. The molecular weight excluding hydrogens is 366 g/mol. The van der Waals surface area contributed by atoms with Crippen LogP contribution in [-0.4, -0.2) is 9.38 Å². The number of aromatic nitrogens is 2. The Morgan fingerprint density at radius 3 is 2.76 bits per heavy atom. The normalized spacial score (nSPS) is 11.2. The third-order valence-electron chi connectivity index (χ3n) is 2.42. The Kier molecular flexibility index (Phi) is 2.72. The average Bonchev–Trinajstić information content (AvgIpc) is 2.84. The molecule has 0 spiro atoms. The second-order valence-electron chi connectivity index (χ2n) is 3.55. The summed E-state index contributed by atoms with van der Waals surface area (Å²) < 4.78 is 3.91. The lowest BCUT2D eigenvalue weighted by atomic mass is 10.3. The molecule has 3 rings (SSSR count). The summed E-state index contributed by atoms with van der Waals surface area (Å²) in [6, 6.07) is 5.92. The first-order chi connectivity index (χ1) is 8.15. The summed E-state index contributed by atoms with van der Waals surface area (Å²) in [4.78, 5) is 5.61. The van der Waals surface area contributed by atoms with Gasteiger partial charge in [0.1, 0.15) is 17.2 Å². The van der Waals surface area contributed by atoms with Crippen molar-refractivity contribution in [3.63, 3.8) is 0 Å². The van der Waals surface area contributed by atoms with Gasteiger partial charge in [-0.2, -0.15) is 0 Å². The number of imidazole rings is 1. The van der Waals surface area contributed by atoms with Gasteiger partial charge in [-0.25, -0.2) is 4.98 Å². The summed E-state index contributed by atoms with van der Waals surface area (Å²) in [5, 5.41) is 2.02. The van der Waals surface area contributed by atoms with Gasteiger partial charge in [0.05, 0.1) is 4.88 Å². The minimum atomic E-state index is 0.663. The lowest BCUT2D eigenvalue weighted by molar-refractivity contribution is 1.18. The highest BCUT2D eigenvalue weighted by molar-refractivity contribution is 9.10. The number of halogens is 2. The van der Waals surface area contributed by atoms with Crippen LogP contribution in [0, 0.1) is 0 Å². The van der Waals surface area contributed by atoms with E-state index in [9.17, 15) is 0 Å². The van der Waals surface area contributed by atoms with E-state index in [2.05, 4.69) is 36.8 Å². The van der Waals surface area contributed by atoms with Crippen LogP contribution in [0.25, 0.3) is 16.2 Å².